The van der Waals surface area contributed by atoms with E-state index in [2.05, 4.69) is 31.9 Å². The quantitative estimate of drug-likeness (QED) is 0.476. The Labute approximate surface area is 160 Å². The average Bonchev–Trinajstić information content (AvgIpc) is 3.13. The monoisotopic (exact) mass is 375 g/mol. The first-order valence-corrected chi connectivity index (χ1v) is 8.88. The second-order valence-electron chi connectivity index (χ2n) is 6.30. The molecule has 2 heterocycles. The number of carbonyl (C=O) groups is 1. The minimum absolute atomic E-state index is 0.187. The van der Waals surface area contributed by atoms with Crippen molar-refractivity contribution in [3.05, 3.63) is 83.9 Å². The summed E-state index contributed by atoms with van der Waals surface area (Å²) in [6.07, 6.45) is 2.85. The number of aromatic amines is 1. The van der Waals surface area contributed by atoms with Gasteiger partial charge in [0.2, 0.25) is 0 Å². The van der Waals surface area contributed by atoms with E-state index in [1.807, 2.05) is 24.4 Å². The maximum atomic E-state index is 12.9. The second-order valence-corrected chi connectivity index (χ2v) is 6.30. The van der Waals surface area contributed by atoms with Crippen molar-refractivity contribution < 1.29 is 9.18 Å². The molecule has 0 aliphatic heterocycles. The number of para-hydroxylation sites is 1. The highest BCUT2D eigenvalue weighted by atomic mass is 19.1. The Balaban J connectivity index is 1.33. The third-order valence-electron chi connectivity index (χ3n) is 4.37. The van der Waals surface area contributed by atoms with Crippen molar-refractivity contribution in [2.75, 3.05) is 17.2 Å². The first kappa shape index (κ1) is 17.7. The van der Waals surface area contributed by atoms with Crippen molar-refractivity contribution in [1.29, 1.82) is 0 Å². The van der Waals surface area contributed by atoms with Crippen LogP contribution in [0, 0.1) is 5.82 Å². The molecule has 4 rings (SSSR count). The fourth-order valence-corrected chi connectivity index (χ4v) is 2.94. The first-order valence-electron chi connectivity index (χ1n) is 8.88. The molecule has 2 aromatic carbocycles. The van der Waals surface area contributed by atoms with Crippen LogP contribution in [0.2, 0.25) is 0 Å². The van der Waals surface area contributed by atoms with E-state index in [0.717, 1.165) is 11.9 Å². The summed E-state index contributed by atoms with van der Waals surface area (Å²) in [4.78, 5) is 15.4. The van der Waals surface area contributed by atoms with E-state index < -0.39 is 5.91 Å². The second kappa shape index (κ2) is 7.87. The molecule has 1 amide bonds. The van der Waals surface area contributed by atoms with Crippen LogP contribution in [0.5, 0.6) is 0 Å². The molecule has 0 saturated heterocycles. The number of anilines is 2. The molecule has 3 N–H and O–H groups in total. The third kappa shape index (κ3) is 3.98. The smallest absolute Gasteiger partial charge is 0.276 e. The molecule has 7 heteroatoms. The molecule has 140 valence electrons. The van der Waals surface area contributed by atoms with Crippen LogP contribution >= 0.6 is 0 Å². The maximum absolute atomic E-state index is 12.9. The molecular formula is C21H18FN5O. The lowest BCUT2D eigenvalue weighted by Gasteiger charge is -2.06. The zero-order chi connectivity index (χ0) is 19.3. The number of halogens is 1. The fraction of sp³-hybridized carbons (Fsp3) is 0.0952. The molecule has 2 aromatic heterocycles. The van der Waals surface area contributed by atoms with Gasteiger partial charge in [-0.2, -0.15) is 0 Å². The van der Waals surface area contributed by atoms with Gasteiger partial charge in [0.05, 0.1) is 0 Å². The SMILES string of the molecule is O=C(Nc1ccc(F)cc1)c1ccc(NCCc2c[nH]c3ccccc23)nn1. The van der Waals surface area contributed by atoms with Gasteiger partial charge in [-0.1, -0.05) is 18.2 Å². The lowest BCUT2D eigenvalue weighted by Crippen LogP contribution is -2.15. The summed E-state index contributed by atoms with van der Waals surface area (Å²) in [5.41, 5.74) is 3.03. The lowest BCUT2D eigenvalue weighted by atomic mass is 10.1. The van der Waals surface area contributed by atoms with E-state index in [9.17, 15) is 9.18 Å². The molecular weight excluding hydrogens is 357 g/mol. The summed E-state index contributed by atoms with van der Waals surface area (Å²) in [7, 11) is 0. The molecule has 0 aliphatic carbocycles. The zero-order valence-corrected chi connectivity index (χ0v) is 14.9. The van der Waals surface area contributed by atoms with E-state index in [-0.39, 0.29) is 11.5 Å². The van der Waals surface area contributed by atoms with E-state index in [4.69, 9.17) is 0 Å². The van der Waals surface area contributed by atoms with Crippen LogP contribution in [-0.2, 0) is 6.42 Å². The number of H-pyrrole nitrogens is 1. The van der Waals surface area contributed by atoms with Crippen molar-refractivity contribution in [3.63, 3.8) is 0 Å². The van der Waals surface area contributed by atoms with Crippen LogP contribution in [0.1, 0.15) is 16.1 Å². The standard InChI is InChI=1S/C21H18FN5O/c22-15-5-7-16(8-6-15)25-21(28)19-9-10-20(27-26-19)23-12-11-14-13-24-18-4-2-1-3-17(14)18/h1-10,13,24H,11-12H2,(H,23,27)(H,25,28). The highest BCUT2D eigenvalue weighted by molar-refractivity contribution is 6.02. The summed E-state index contributed by atoms with van der Waals surface area (Å²) in [6.45, 7) is 0.692. The Hall–Kier alpha value is -3.74. The normalized spacial score (nSPS) is 10.8. The number of nitrogens with one attached hydrogen (secondary N) is 3. The summed E-state index contributed by atoms with van der Waals surface area (Å²) in [5.74, 6) is -0.163. The molecule has 28 heavy (non-hydrogen) atoms. The number of nitrogens with zero attached hydrogens (tertiary/aromatic N) is 2. The molecule has 4 aromatic rings. The topological polar surface area (TPSA) is 82.7 Å². The van der Waals surface area contributed by atoms with Crippen molar-refractivity contribution in [3.8, 4) is 0 Å². The number of aromatic nitrogens is 3. The predicted molar refractivity (Wildman–Crippen MR) is 107 cm³/mol. The molecule has 0 fully saturated rings. The predicted octanol–water partition coefficient (Wildman–Crippen LogP) is 4.00. The Morgan fingerprint density at radius 3 is 2.61 bits per heavy atom. The number of benzene rings is 2. The van der Waals surface area contributed by atoms with Gasteiger partial charge in [-0.3, -0.25) is 4.79 Å². The molecule has 0 saturated carbocycles. The highest BCUT2D eigenvalue weighted by Gasteiger charge is 2.09. The molecule has 0 unspecified atom stereocenters. The van der Waals surface area contributed by atoms with Gasteiger partial charge in [-0.15, -0.1) is 10.2 Å². The molecule has 0 bridgehead atoms. The number of hydrogen-bond acceptors (Lipinski definition) is 4. The van der Waals surface area contributed by atoms with Crippen molar-refractivity contribution >= 4 is 28.3 Å². The Morgan fingerprint density at radius 1 is 1.00 bits per heavy atom. The van der Waals surface area contributed by atoms with E-state index in [0.29, 0.717) is 18.1 Å². The van der Waals surface area contributed by atoms with E-state index in [1.54, 1.807) is 12.1 Å². The van der Waals surface area contributed by atoms with Crippen LogP contribution in [-0.4, -0.2) is 27.6 Å². The van der Waals surface area contributed by atoms with Gasteiger partial charge in [0, 0.05) is 29.3 Å². The largest absolute Gasteiger partial charge is 0.368 e. The lowest BCUT2D eigenvalue weighted by molar-refractivity contribution is 0.102. The average molecular weight is 375 g/mol. The molecule has 0 spiro atoms. The first-order chi connectivity index (χ1) is 13.7. The Kier molecular flexibility index (Phi) is 4.97. The minimum atomic E-state index is -0.399. The van der Waals surface area contributed by atoms with Gasteiger partial charge in [0.1, 0.15) is 11.6 Å². The third-order valence-corrected chi connectivity index (χ3v) is 4.37. The minimum Gasteiger partial charge on any atom is -0.368 e. The summed E-state index contributed by atoms with van der Waals surface area (Å²) >= 11 is 0. The van der Waals surface area contributed by atoms with Crippen molar-refractivity contribution in [1.82, 2.24) is 15.2 Å². The molecule has 0 atom stereocenters. The van der Waals surface area contributed by atoms with Gasteiger partial charge in [0.15, 0.2) is 5.69 Å². The number of hydrogen-bond donors (Lipinski definition) is 3. The number of amides is 1. The molecule has 6 nitrogen and oxygen atoms in total. The summed E-state index contributed by atoms with van der Waals surface area (Å²) in [5, 5.41) is 15.1. The number of fused-ring (bicyclic) bond motifs is 1. The Bertz CT molecular complexity index is 1090. The zero-order valence-electron chi connectivity index (χ0n) is 14.9. The summed E-state index contributed by atoms with van der Waals surface area (Å²) in [6, 6.07) is 17.0. The van der Waals surface area contributed by atoms with Gasteiger partial charge in [0.25, 0.3) is 5.91 Å². The number of carbonyl (C=O) groups excluding carboxylic acids is 1. The van der Waals surface area contributed by atoms with Crippen molar-refractivity contribution in [2.24, 2.45) is 0 Å². The van der Waals surface area contributed by atoms with Crippen LogP contribution in [0.3, 0.4) is 0 Å². The Morgan fingerprint density at radius 2 is 1.82 bits per heavy atom. The van der Waals surface area contributed by atoms with E-state index >= 15 is 0 Å². The molecule has 0 radical (unpaired) electrons. The van der Waals surface area contributed by atoms with Crippen molar-refractivity contribution in [2.45, 2.75) is 6.42 Å². The van der Waals surface area contributed by atoms with Crippen LogP contribution < -0.4 is 10.6 Å². The van der Waals surface area contributed by atoms with Gasteiger partial charge < -0.3 is 15.6 Å². The molecule has 0 aliphatic rings. The summed E-state index contributed by atoms with van der Waals surface area (Å²) < 4.78 is 12.9. The fourth-order valence-electron chi connectivity index (χ4n) is 2.94. The van der Waals surface area contributed by atoms with Gasteiger partial charge in [-0.05, 0) is 54.4 Å². The number of rotatable bonds is 6. The van der Waals surface area contributed by atoms with Gasteiger partial charge >= 0.3 is 0 Å². The van der Waals surface area contributed by atoms with Crippen LogP contribution in [0.25, 0.3) is 10.9 Å². The maximum Gasteiger partial charge on any atom is 0.276 e. The van der Waals surface area contributed by atoms with Gasteiger partial charge in [-0.25, -0.2) is 4.39 Å². The van der Waals surface area contributed by atoms with Crippen LogP contribution in [0.15, 0.2) is 66.9 Å². The highest BCUT2D eigenvalue weighted by Crippen LogP contribution is 2.18. The van der Waals surface area contributed by atoms with Crippen LogP contribution in [0.4, 0.5) is 15.9 Å². The van der Waals surface area contributed by atoms with E-state index in [1.165, 1.54) is 35.2 Å².